The van der Waals surface area contributed by atoms with Gasteiger partial charge in [-0.2, -0.15) is 5.26 Å². The molecule has 8 heteroatoms. The van der Waals surface area contributed by atoms with E-state index in [0.717, 1.165) is 56.6 Å². The Morgan fingerprint density at radius 2 is 1.97 bits per heavy atom. The van der Waals surface area contributed by atoms with Crippen LogP contribution in [-0.2, 0) is 4.79 Å². The molecule has 2 saturated heterocycles. The summed E-state index contributed by atoms with van der Waals surface area (Å²) in [5.41, 5.74) is 6.86. The molecule has 4 rings (SSSR count). The molecule has 3 fully saturated rings. The number of piperazine rings is 1. The van der Waals surface area contributed by atoms with Gasteiger partial charge in [0.05, 0.1) is 17.5 Å². The van der Waals surface area contributed by atoms with E-state index in [2.05, 4.69) is 20.9 Å². The molecule has 0 aromatic carbocycles. The highest BCUT2D eigenvalue weighted by Gasteiger charge is 2.31. The summed E-state index contributed by atoms with van der Waals surface area (Å²) in [5.74, 6) is 3.54. The third-order valence-corrected chi connectivity index (χ3v) is 7.78. The van der Waals surface area contributed by atoms with Crippen molar-refractivity contribution in [2.45, 2.75) is 44.2 Å². The van der Waals surface area contributed by atoms with Crippen LogP contribution in [0.25, 0.3) is 0 Å². The molecule has 0 radical (unpaired) electrons. The quantitative estimate of drug-likeness (QED) is 0.766. The van der Waals surface area contributed by atoms with E-state index in [1.165, 1.54) is 25.7 Å². The second kappa shape index (κ2) is 9.99. The molecule has 2 N–H and O–H groups in total. The highest BCUT2D eigenvalue weighted by Crippen LogP contribution is 2.31. The summed E-state index contributed by atoms with van der Waals surface area (Å²) in [7, 11) is 0. The fourth-order valence-electron chi connectivity index (χ4n) is 4.98. The fraction of sp³-hybridized carbons (Fsp3) is 0.682. The minimum Gasteiger partial charge on any atom is -0.354 e. The number of hydrogen-bond donors (Lipinski definition) is 1. The van der Waals surface area contributed by atoms with Crippen molar-refractivity contribution in [2.75, 3.05) is 49.3 Å². The maximum atomic E-state index is 12.5. The van der Waals surface area contributed by atoms with E-state index in [0.29, 0.717) is 17.5 Å². The zero-order chi connectivity index (χ0) is 20.9. The van der Waals surface area contributed by atoms with Crippen LogP contribution in [0.2, 0.25) is 0 Å². The molecule has 1 aromatic heterocycles. The molecular weight excluding hydrogens is 396 g/mol. The third kappa shape index (κ3) is 5.08. The molecule has 0 unspecified atom stereocenters. The summed E-state index contributed by atoms with van der Waals surface area (Å²) < 4.78 is 0. The smallest absolute Gasteiger partial charge is 0.240 e. The second-order valence-electron chi connectivity index (χ2n) is 8.70. The zero-order valence-corrected chi connectivity index (χ0v) is 18.4. The number of aromatic nitrogens is 1. The number of amides is 1. The minimum atomic E-state index is -0.325. The summed E-state index contributed by atoms with van der Waals surface area (Å²) in [5, 5.41) is 8.92. The lowest BCUT2D eigenvalue weighted by Gasteiger charge is -2.42. The number of carbonyl (C=O) groups is 1. The molecule has 1 saturated carbocycles. The third-order valence-electron chi connectivity index (χ3n) is 6.82. The number of nitrogens with two attached hydrogens (primary N) is 1. The SMILES string of the molecule is N#Cc1ccc(N2CCN([C@H]3CC[C@H](C[C@H](N)C(=O)N4CCSC4)CC3)CC2)nc1. The topological polar surface area (TPSA) is 89.5 Å². The van der Waals surface area contributed by atoms with E-state index in [4.69, 9.17) is 11.0 Å². The van der Waals surface area contributed by atoms with E-state index >= 15 is 0 Å². The van der Waals surface area contributed by atoms with Crippen molar-refractivity contribution in [1.82, 2.24) is 14.8 Å². The largest absolute Gasteiger partial charge is 0.354 e. The Kier molecular flexibility index (Phi) is 7.13. The van der Waals surface area contributed by atoms with Crippen LogP contribution in [-0.4, -0.2) is 77.1 Å². The Morgan fingerprint density at radius 1 is 1.20 bits per heavy atom. The van der Waals surface area contributed by atoms with Gasteiger partial charge in [-0.15, -0.1) is 11.8 Å². The predicted molar refractivity (Wildman–Crippen MR) is 120 cm³/mol. The maximum Gasteiger partial charge on any atom is 0.240 e. The normalized spacial score (nSPS) is 26.4. The number of anilines is 1. The lowest BCUT2D eigenvalue weighted by atomic mass is 9.81. The monoisotopic (exact) mass is 428 g/mol. The van der Waals surface area contributed by atoms with Gasteiger partial charge in [0.1, 0.15) is 11.9 Å². The van der Waals surface area contributed by atoms with E-state index in [1.807, 2.05) is 28.8 Å². The molecule has 3 aliphatic rings. The molecule has 1 amide bonds. The first-order valence-corrected chi connectivity index (χ1v) is 12.3. The zero-order valence-electron chi connectivity index (χ0n) is 17.6. The van der Waals surface area contributed by atoms with Gasteiger partial charge in [0, 0.05) is 50.7 Å². The number of nitriles is 1. The van der Waals surface area contributed by atoms with E-state index < -0.39 is 0 Å². The molecule has 162 valence electrons. The minimum absolute atomic E-state index is 0.148. The number of hydrogen-bond acceptors (Lipinski definition) is 7. The number of thioether (sulfide) groups is 1. The van der Waals surface area contributed by atoms with E-state index in [9.17, 15) is 4.79 Å². The molecule has 3 heterocycles. The first-order chi connectivity index (χ1) is 14.6. The highest BCUT2D eigenvalue weighted by molar-refractivity contribution is 7.99. The van der Waals surface area contributed by atoms with Crippen molar-refractivity contribution < 1.29 is 4.79 Å². The molecule has 1 atom stereocenters. The maximum absolute atomic E-state index is 12.5. The Bertz CT molecular complexity index is 744. The van der Waals surface area contributed by atoms with Gasteiger partial charge in [-0.1, -0.05) is 0 Å². The number of rotatable bonds is 5. The second-order valence-corrected chi connectivity index (χ2v) is 9.77. The van der Waals surface area contributed by atoms with Crippen molar-refractivity contribution in [3.05, 3.63) is 23.9 Å². The van der Waals surface area contributed by atoms with Crippen molar-refractivity contribution in [1.29, 1.82) is 5.26 Å². The van der Waals surface area contributed by atoms with Gasteiger partial charge in [-0.3, -0.25) is 9.69 Å². The summed E-state index contributed by atoms with van der Waals surface area (Å²) in [6.45, 7) is 4.93. The van der Waals surface area contributed by atoms with Gasteiger partial charge in [0.15, 0.2) is 0 Å². The first kappa shape index (κ1) is 21.4. The Balaban J connectivity index is 1.19. The van der Waals surface area contributed by atoms with Crippen LogP contribution < -0.4 is 10.6 Å². The lowest BCUT2D eigenvalue weighted by Crippen LogP contribution is -2.51. The number of nitrogens with zero attached hydrogens (tertiary/aromatic N) is 5. The van der Waals surface area contributed by atoms with Crippen molar-refractivity contribution in [2.24, 2.45) is 11.7 Å². The van der Waals surface area contributed by atoms with Crippen molar-refractivity contribution >= 4 is 23.5 Å². The Labute approximate surface area is 183 Å². The Morgan fingerprint density at radius 3 is 2.57 bits per heavy atom. The van der Waals surface area contributed by atoms with Crippen LogP contribution in [0.15, 0.2) is 18.3 Å². The summed E-state index contributed by atoms with van der Waals surface area (Å²) in [6.07, 6.45) is 7.27. The molecule has 1 aromatic rings. The molecule has 30 heavy (non-hydrogen) atoms. The van der Waals surface area contributed by atoms with Crippen LogP contribution in [0.3, 0.4) is 0 Å². The molecule has 7 nitrogen and oxygen atoms in total. The van der Waals surface area contributed by atoms with E-state index in [-0.39, 0.29) is 11.9 Å². The average Bonchev–Trinajstić information content (AvgIpc) is 3.34. The van der Waals surface area contributed by atoms with Gasteiger partial charge in [0.2, 0.25) is 5.91 Å². The predicted octanol–water partition coefficient (Wildman–Crippen LogP) is 1.88. The van der Waals surface area contributed by atoms with Gasteiger partial charge in [-0.05, 0) is 50.2 Å². The average molecular weight is 429 g/mol. The molecule has 0 bridgehead atoms. The highest BCUT2D eigenvalue weighted by atomic mass is 32.2. The summed E-state index contributed by atoms with van der Waals surface area (Å²) in [6, 6.07) is 6.24. The van der Waals surface area contributed by atoms with Gasteiger partial charge >= 0.3 is 0 Å². The number of pyridine rings is 1. The van der Waals surface area contributed by atoms with Crippen molar-refractivity contribution in [3.8, 4) is 6.07 Å². The Hall–Kier alpha value is -1.82. The lowest BCUT2D eigenvalue weighted by molar-refractivity contribution is -0.131. The molecule has 1 aliphatic carbocycles. The standard InChI is InChI=1S/C22H32N6OS/c23-14-18-3-6-21(25-15-18)27-9-7-26(8-10-27)19-4-1-17(2-5-19)13-20(24)22(29)28-11-12-30-16-28/h3,6,15,17,19-20H,1-2,4-5,7-13,16,24H2/t17-,19-,20-/m0/s1. The fourth-order valence-corrected chi connectivity index (χ4v) is 5.94. The van der Waals surface area contributed by atoms with Gasteiger partial charge < -0.3 is 15.5 Å². The summed E-state index contributed by atoms with van der Waals surface area (Å²) >= 11 is 1.81. The van der Waals surface area contributed by atoms with Crippen LogP contribution in [0.5, 0.6) is 0 Å². The van der Waals surface area contributed by atoms with Crippen LogP contribution in [0.4, 0.5) is 5.82 Å². The molecule has 0 spiro atoms. The van der Waals surface area contributed by atoms with Crippen LogP contribution >= 0.6 is 11.8 Å². The van der Waals surface area contributed by atoms with E-state index in [1.54, 1.807) is 6.20 Å². The van der Waals surface area contributed by atoms with Crippen LogP contribution in [0, 0.1) is 17.2 Å². The molecular formula is C22H32N6OS. The van der Waals surface area contributed by atoms with Gasteiger partial charge in [0.25, 0.3) is 0 Å². The number of carbonyl (C=O) groups excluding carboxylic acids is 1. The van der Waals surface area contributed by atoms with Crippen molar-refractivity contribution in [3.63, 3.8) is 0 Å². The van der Waals surface area contributed by atoms with Crippen LogP contribution in [0.1, 0.15) is 37.7 Å². The first-order valence-electron chi connectivity index (χ1n) is 11.1. The van der Waals surface area contributed by atoms with Gasteiger partial charge in [-0.25, -0.2) is 4.98 Å². The molecule has 2 aliphatic heterocycles. The summed E-state index contributed by atoms with van der Waals surface area (Å²) in [4.78, 5) is 23.8.